The Balaban J connectivity index is 1.25. The largest absolute Gasteiger partial charge is 0.504 e. The number of pyridine rings is 1. The quantitative estimate of drug-likeness (QED) is 0.153. The summed E-state index contributed by atoms with van der Waals surface area (Å²) in [6.45, 7) is 11.5. The molecule has 0 saturated carbocycles. The van der Waals surface area contributed by atoms with Crippen LogP contribution in [0.4, 0.5) is 10.1 Å². The summed E-state index contributed by atoms with van der Waals surface area (Å²) in [7, 11) is 0. The lowest BCUT2D eigenvalue weighted by molar-refractivity contribution is -0.117. The number of piperidine rings is 1. The van der Waals surface area contributed by atoms with Crippen molar-refractivity contribution in [3.8, 4) is 17.2 Å². The summed E-state index contributed by atoms with van der Waals surface area (Å²) in [4.78, 5) is 27.0. The normalized spacial score (nSPS) is 13.7. The van der Waals surface area contributed by atoms with Crippen molar-refractivity contribution in [1.29, 1.82) is 0 Å². The Morgan fingerprint density at radius 2 is 1.92 bits per heavy atom. The fourth-order valence-corrected chi connectivity index (χ4v) is 5.37. The van der Waals surface area contributed by atoms with Crippen LogP contribution in [-0.2, 0) is 17.6 Å². The van der Waals surface area contributed by atoms with Gasteiger partial charge in [0.05, 0.1) is 30.1 Å². The number of rotatable bonds is 11. The van der Waals surface area contributed by atoms with E-state index in [1.165, 1.54) is 36.7 Å². The summed E-state index contributed by atoms with van der Waals surface area (Å²) in [6.07, 6.45) is 8.15. The van der Waals surface area contributed by atoms with Gasteiger partial charge in [-0.1, -0.05) is 12.5 Å². The van der Waals surface area contributed by atoms with E-state index in [0.29, 0.717) is 46.0 Å². The van der Waals surface area contributed by atoms with E-state index in [1.807, 2.05) is 5.38 Å². The average molecular weight is 545 g/mol. The lowest BCUT2D eigenvalue weighted by atomic mass is 10.1. The number of Topliss-reactive ketones (excluding diaryl/α,β-unsaturated/α-hetero) is 1. The molecule has 3 heterocycles. The second-order valence-corrected chi connectivity index (χ2v) is 10.5. The molecule has 5 rings (SSSR count). The molecular weight excluding hydrogens is 515 g/mol. The fourth-order valence-electron chi connectivity index (χ4n) is 4.73. The number of fused-ring (bicyclic) bond motifs is 1. The summed E-state index contributed by atoms with van der Waals surface area (Å²) in [5.41, 5.74) is 1.30. The standard InChI is InChI=1S/C30H29FN4O3S/c1-32-27-19-24-26(20-29(27)37-14-5-13-35-11-3-2-4-12-35)33-9-8-28(24)38-23-7-6-21(25(31)18-23)16-22(36)17-30-34-10-15-39-30/h6-10,15,18-20H,2-5,11-14,16-17H2. The number of ether oxygens (including phenoxy) is 2. The van der Waals surface area contributed by atoms with Crippen LogP contribution in [0.1, 0.15) is 36.3 Å². The van der Waals surface area contributed by atoms with E-state index >= 15 is 0 Å². The molecule has 2 aromatic heterocycles. The molecule has 1 saturated heterocycles. The van der Waals surface area contributed by atoms with Gasteiger partial charge in [0, 0.05) is 42.2 Å². The molecule has 0 spiro atoms. The lowest BCUT2D eigenvalue weighted by Crippen LogP contribution is -2.31. The van der Waals surface area contributed by atoms with Crippen molar-refractivity contribution in [2.24, 2.45) is 0 Å². The summed E-state index contributed by atoms with van der Waals surface area (Å²) < 4.78 is 26.8. The number of benzene rings is 2. The zero-order chi connectivity index (χ0) is 27.0. The van der Waals surface area contributed by atoms with Crippen LogP contribution >= 0.6 is 11.3 Å². The third kappa shape index (κ3) is 6.96. The van der Waals surface area contributed by atoms with E-state index in [0.717, 1.165) is 31.1 Å². The van der Waals surface area contributed by atoms with Gasteiger partial charge in [0.2, 0.25) is 5.69 Å². The van der Waals surface area contributed by atoms with E-state index < -0.39 is 5.82 Å². The van der Waals surface area contributed by atoms with Crippen LogP contribution in [0.25, 0.3) is 15.7 Å². The highest BCUT2D eigenvalue weighted by Crippen LogP contribution is 2.37. The highest BCUT2D eigenvalue weighted by Gasteiger charge is 2.15. The van der Waals surface area contributed by atoms with Gasteiger partial charge in [-0.15, -0.1) is 11.3 Å². The van der Waals surface area contributed by atoms with Crippen LogP contribution in [-0.4, -0.2) is 46.9 Å². The van der Waals surface area contributed by atoms with Crippen molar-refractivity contribution in [1.82, 2.24) is 14.9 Å². The van der Waals surface area contributed by atoms with Crippen LogP contribution in [0.3, 0.4) is 0 Å². The van der Waals surface area contributed by atoms with Gasteiger partial charge < -0.3 is 14.4 Å². The Hall–Kier alpha value is -3.87. The minimum absolute atomic E-state index is 0.0148. The molecule has 39 heavy (non-hydrogen) atoms. The predicted octanol–water partition coefficient (Wildman–Crippen LogP) is 6.78. The Bertz CT molecular complexity index is 1480. The van der Waals surface area contributed by atoms with Crippen LogP contribution < -0.4 is 9.47 Å². The summed E-state index contributed by atoms with van der Waals surface area (Å²) in [6, 6.07) is 9.61. The number of carbonyl (C=O) groups is 1. The number of ketones is 1. The van der Waals surface area contributed by atoms with E-state index in [4.69, 9.17) is 16.0 Å². The second kappa shape index (κ2) is 12.8. The summed E-state index contributed by atoms with van der Waals surface area (Å²) >= 11 is 1.41. The highest BCUT2D eigenvalue weighted by atomic mass is 32.1. The number of aromatic nitrogens is 2. The molecule has 1 aliphatic heterocycles. The summed E-state index contributed by atoms with van der Waals surface area (Å²) in [5, 5.41) is 3.16. The van der Waals surface area contributed by atoms with Crippen LogP contribution in [0.15, 0.2) is 54.2 Å². The first-order valence-corrected chi connectivity index (χ1v) is 14.0. The number of nitrogens with zero attached hydrogens (tertiary/aromatic N) is 4. The zero-order valence-corrected chi connectivity index (χ0v) is 22.4. The Morgan fingerprint density at radius 3 is 2.69 bits per heavy atom. The topological polar surface area (TPSA) is 68.9 Å². The molecule has 1 fully saturated rings. The molecule has 0 unspecified atom stereocenters. The average Bonchev–Trinajstić information content (AvgIpc) is 3.46. The van der Waals surface area contributed by atoms with Crippen LogP contribution in [0.5, 0.6) is 17.2 Å². The molecule has 0 bridgehead atoms. The first-order valence-electron chi connectivity index (χ1n) is 13.1. The summed E-state index contributed by atoms with van der Waals surface area (Å²) in [5.74, 6) is 0.625. The number of thiazole rings is 1. The molecule has 9 heteroatoms. The van der Waals surface area contributed by atoms with E-state index in [2.05, 4.69) is 19.7 Å². The molecule has 0 atom stereocenters. The van der Waals surface area contributed by atoms with Crippen molar-refractivity contribution in [3.63, 3.8) is 0 Å². The number of hydrogen-bond donors (Lipinski definition) is 0. The highest BCUT2D eigenvalue weighted by molar-refractivity contribution is 7.09. The second-order valence-electron chi connectivity index (χ2n) is 9.54. The van der Waals surface area contributed by atoms with Gasteiger partial charge in [0.1, 0.15) is 28.8 Å². The van der Waals surface area contributed by atoms with Crippen molar-refractivity contribution in [2.75, 3.05) is 26.2 Å². The van der Waals surface area contributed by atoms with Gasteiger partial charge in [-0.25, -0.2) is 14.2 Å². The Kier molecular flexibility index (Phi) is 8.76. The van der Waals surface area contributed by atoms with Gasteiger partial charge in [-0.3, -0.25) is 9.78 Å². The molecule has 4 aromatic rings. The monoisotopic (exact) mass is 544 g/mol. The number of halogens is 1. The zero-order valence-electron chi connectivity index (χ0n) is 21.6. The van der Waals surface area contributed by atoms with Gasteiger partial charge >= 0.3 is 0 Å². The molecule has 1 aliphatic rings. The molecule has 2 aromatic carbocycles. The third-order valence-corrected chi connectivity index (χ3v) is 7.48. The lowest BCUT2D eigenvalue weighted by Gasteiger charge is -2.26. The van der Waals surface area contributed by atoms with Gasteiger partial charge in [-0.05, 0) is 62.2 Å². The maximum Gasteiger partial charge on any atom is 0.229 e. The molecule has 0 radical (unpaired) electrons. The van der Waals surface area contributed by atoms with Crippen LogP contribution in [0.2, 0.25) is 0 Å². The third-order valence-electron chi connectivity index (χ3n) is 6.70. The molecule has 0 amide bonds. The number of hydrogen-bond acceptors (Lipinski definition) is 7. The van der Waals surface area contributed by atoms with Crippen molar-refractivity contribution in [2.45, 2.75) is 38.5 Å². The smallest absolute Gasteiger partial charge is 0.229 e. The molecule has 7 nitrogen and oxygen atoms in total. The molecule has 0 aliphatic carbocycles. The maximum atomic E-state index is 14.8. The predicted molar refractivity (Wildman–Crippen MR) is 149 cm³/mol. The minimum Gasteiger partial charge on any atom is -0.504 e. The Morgan fingerprint density at radius 1 is 1.05 bits per heavy atom. The number of carbonyl (C=O) groups excluding carboxylic acids is 1. The Labute approximate surface area is 231 Å². The van der Waals surface area contributed by atoms with Crippen molar-refractivity contribution < 1.29 is 18.7 Å². The number of likely N-dealkylation sites (tertiary alicyclic amines) is 1. The van der Waals surface area contributed by atoms with E-state index in [1.54, 1.807) is 42.7 Å². The van der Waals surface area contributed by atoms with Gasteiger partial charge in [0.25, 0.3) is 0 Å². The molecule has 200 valence electrons. The first-order chi connectivity index (χ1) is 19.1. The van der Waals surface area contributed by atoms with Gasteiger partial charge in [-0.2, -0.15) is 0 Å². The van der Waals surface area contributed by atoms with Gasteiger partial charge in [0.15, 0.2) is 0 Å². The molecule has 0 N–H and O–H groups in total. The van der Waals surface area contributed by atoms with Crippen LogP contribution in [0, 0.1) is 12.4 Å². The maximum absolute atomic E-state index is 14.8. The van der Waals surface area contributed by atoms with Crippen molar-refractivity contribution >= 4 is 33.7 Å². The fraction of sp³-hybridized carbons (Fsp3) is 0.333. The van der Waals surface area contributed by atoms with E-state index in [-0.39, 0.29) is 18.6 Å². The first kappa shape index (κ1) is 26.7. The molecular formula is C30H29FN4O3S. The van der Waals surface area contributed by atoms with Crippen molar-refractivity contribution in [3.05, 3.63) is 82.0 Å². The van der Waals surface area contributed by atoms with E-state index in [9.17, 15) is 9.18 Å². The minimum atomic E-state index is -0.513. The SMILES string of the molecule is [C-]#[N+]c1cc2c(Oc3ccc(CC(=O)Cc4nccs4)c(F)c3)ccnc2cc1OCCCN1CCCCC1.